The van der Waals surface area contributed by atoms with Gasteiger partial charge in [0.2, 0.25) is 17.8 Å². The van der Waals surface area contributed by atoms with Crippen molar-refractivity contribution in [3.63, 3.8) is 0 Å². The zero-order chi connectivity index (χ0) is 26.5. The number of rotatable bonds is 6. The van der Waals surface area contributed by atoms with Crippen LogP contribution in [0.5, 0.6) is 0 Å². The second-order valence-corrected chi connectivity index (χ2v) is 10.4. The first kappa shape index (κ1) is 25.1. The van der Waals surface area contributed by atoms with Crippen LogP contribution in [-0.2, 0) is 4.79 Å². The van der Waals surface area contributed by atoms with E-state index in [9.17, 15) is 18.0 Å². The number of halogens is 4. The van der Waals surface area contributed by atoms with E-state index in [1.54, 1.807) is 4.57 Å². The van der Waals surface area contributed by atoms with Gasteiger partial charge in [-0.2, -0.15) is 10.2 Å². The molecule has 1 aromatic carbocycles. The molecule has 2 heterocycles. The molecule has 0 bridgehead atoms. The minimum Gasteiger partial charge on any atom is -0.369 e. The monoisotopic (exact) mass is 532 g/mol. The Morgan fingerprint density at radius 2 is 1.97 bits per heavy atom. The second-order valence-electron chi connectivity index (χ2n) is 10.0. The minimum atomic E-state index is -2.69. The van der Waals surface area contributed by atoms with E-state index >= 15 is 0 Å². The highest BCUT2D eigenvalue weighted by Gasteiger charge is 2.45. The molecule has 3 aromatic rings. The summed E-state index contributed by atoms with van der Waals surface area (Å²) in [5.74, 6) is -3.36. The third kappa shape index (κ3) is 4.75. The Bertz CT molecular complexity index is 1400. The lowest BCUT2D eigenvalue weighted by molar-refractivity contribution is -0.128. The fourth-order valence-corrected chi connectivity index (χ4v) is 5.21. The van der Waals surface area contributed by atoms with Gasteiger partial charge >= 0.3 is 0 Å². The molecule has 13 heteroatoms. The highest BCUT2D eigenvalue weighted by atomic mass is 35.5. The number of imidazole rings is 1. The molecule has 0 radical (unpaired) electrons. The number of nitrogens with two attached hydrogens (primary N) is 1. The van der Waals surface area contributed by atoms with Crippen molar-refractivity contribution in [3.8, 4) is 6.07 Å². The van der Waals surface area contributed by atoms with Crippen LogP contribution in [0.4, 0.5) is 30.8 Å². The number of carbonyl (C=O) groups is 1. The van der Waals surface area contributed by atoms with Gasteiger partial charge in [-0.15, -0.1) is 0 Å². The number of anilines is 3. The number of nitriles is 1. The van der Waals surface area contributed by atoms with Crippen LogP contribution in [0, 0.1) is 22.6 Å². The zero-order valence-electron chi connectivity index (χ0n) is 19.9. The number of carbonyl (C=O) groups excluding carboxylic acids is 1. The van der Waals surface area contributed by atoms with E-state index in [-0.39, 0.29) is 53.0 Å². The van der Waals surface area contributed by atoms with E-state index < -0.39 is 23.2 Å². The second kappa shape index (κ2) is 9.06. The summed E-state index contributed by atoms with van der Waals surface area (Å²) in [7, 11) is 0. The molecular formula is C24H24ClF3N8O. The molecular weight excluding hydrogens is 509 g/mol. The van der Waals surface area contributed by atoms with Gasteiger partial charge in [0.05, 0.1) is 28.5 Å². The summed E-state index contributed by atoms with van der Waals surface area (Å²) in [5, 5.41) is 15.0. The Labute approximate surface area is 215 Å². The van der Waals surface area contributed by atoms with E-state index in [0.29, 0.717) is 36.8 Å². The van der Waals surface area contributed by atoms with Crippen LogP contribution in [0.3, 0.4) is 0 Å². The summed E-state index contributed by atoms with van der Waals surface area (Å²) in [6.07, 6.45) is 3.08. The maximum Gasteiger partial charge on any atom is 0.252 e. The van der Waals surface area contributed by atoms with Crippen LogP contribution in [0.1, 0.15) is 57.1 Å². The maximum atomic E-state index is 14.8. The van der Waals surface area contributed by atoms with Crippen LogP contribution in [0.15, 0.2) is 18.3 Å². The Balaban J connectivity index is 1.53. The Kier molecular flexibility index (Phi) is 6.14. The standard InChI is InChI=1S/C24H24ClF3N8O/c1-23(20(30)37)4-2-14(3-5-23)36-19-17(11-31-21(35-19)32-13-8-24(27,28)9-13)33-22(36)34-18-15(25)6-12(10-29)7-16(18)26/h6-7,11,13-14H,2-5,8-9H2,1H3,(H2,30,37)(H,33,34)(H,31,32,35)/t14-,23+. The SMILES string of the molecule is C[C@]1(C(N)=O)CC[C@@H](n2c(Nc3c(F)cc(C#N)cc3Cl)nc3cnc(NC4CC(F)(F)C4)nc32)CC1. The number of benzene rings is 1. The minimum absolute atomic E-state index is 0.000504. The molecule has 1 amide bonds. The van der Waals surface area contributed by atoms with E-state index in [1.165, 1.54) is 12.3 Å². The summed E-state index contributed by atoms with van der Waals surface area (Å²) < 4.78 is 43.2. The number of fused-ring (bicyclic) bond motifs is 1. The highest BCUT2D eigenvalue weighted by molar-refractivity contribution is 6.33. The lowest BCUT2D eigenvalue weighted by Crippen LogP contribution is -2.44. The number of hydrogen-bond acceptors (Lipinski definition) is 7. The first-order valence-electron chi connectivity index (χ1n) is 11.8. The predicted molar refractivity (Wildman–Crippen MR) is 131 cm³/mol. The molecule has 2 fully saturated rings. The molecule has 5 rings (SSSR count). The van der Waals surface area contributed by atoms with E-state index in [1.807, 2.05) is 13.0 Å². The van der Waals surface area contributed by atoms with Gasteiger partial charge < -0.3 is 16.4 Å². The third-order valence-corrected chi connectivity index (χ3v) is 7.58. The van der Waals surface area contributed by atoms with Crippen LogP contribution >= 0.6 is 11.6 Å². The lowest BCUT2D eigenvalue weighted by atomic mass is 9.73. The molecule has 0 spiro atoms. The number of alkyl halides is 2. The van der Waals surface area contributed by atoms with Crippen molar-refractivity contribution in [1.29, 1.82) is 5.26 Å². The summed E-state index contributed by atoms with van der Waals surface area (Å²) in [5.41, 5.74) is 5.82. The molecule has 0 aliphatic heterocycles. The predicted octanol–water partition coefficient (Wildman–Crippen LogP) is 5.05. The van der Waals surface area contributed by atoms with E-state index in [2.05, 4.69) is 25.6 Å². The van der Waals surface area contributed by atoms with Crippen LogP contribution < -0.4 is 16.4 Å². The Morgan fingerprint density at radius 1 is 1.27 bits per heavy atom. The summed E-state index contributed by atoms with van der Waals surface area (Å²) >= 11 is 6.26. The molecule has 2 aliphatic carbocycles. The van der Waals surface area contributed by atoms with Crippen LogP contribution in [-0.4, -0.2) is 37.4 Å². The molecule has 0 atom stereocenters. The van der Waals surface area contributed by atoms with Crippen molar-refractivity contribution in [1.82, 2.24) is 19.5 Å². The smallest absolute Gasteiger partial charge is 0.252 e. The molecule has 37 heavy (non-hydrogen) atoms. The van der Waals surface area contributed by atoms with Gasteiger partial charge in [-0.25, -0.2) is 23.1 Å². The molecule has 0 saturated heterocycles. The largest absolute Gasteiger partial charge is 0.369 e. The van der Waals surface area contributed by atoms with Crippen molar-refractivity contribution in [2.75, 3.05) is 10.6 Å². The first-order chi connectivity index (χ1) is 17.5. The topological polar surface area (TPSA) is 135 Å². The number of nitrogens with zero attached hydrogens (tertiary/aromatic N) is 5. The quantitative estimate of drug-likeness (QED) is 0.404. The van der Waals surface area contributed by atoms with Crippen molar-refractivity contribution < 1.29 is 18.0 Å². The van der Waals surface area contributed by atoms with Crippen LogP contribution in [0.25, 0.3) is 11.2 Å². The van der Waals surface area contributed by atoms with Crippen molar-refractivity contribution >= 4 is 46.3 Å². The molecule has 194 valence electrons. The van der Waals surface area contributed by atoms with Gasteiger partial charge in [0, 0.05) is 30.3 Å². The van der Waals surface area contributed by atoms with E-state index in [4.69, 9.17) is 22.6 Å². The van der Waals surface area contributed by atoms with Crippen molar-refractivity contribution in [2.45, 2.75) is 63.5 Å². The molecule has 2 saturated carbocycles. The Morgan fingerprint density at radius 3 is 2.57 bits per heavy atom. The maximum absolute atomic E-state index is 14.8. The first-order valence-corrected chi connectivity index (χ1v) is 12.2. The number of nitrogens with one attached hydrogen (secondary N) is 2. The van der Waals surface area contributed by atoms with Crippen LogP contribution in [0.2, 0.25) is 5.02 Å². The molecule has 2 aromatic heterocycles. The van der Waals surface area contributed by atoms with Gasteiger partial charge in [-0.05, 0) is 37.8 Å². The summed E-state index contributed by atoms with van der Waals surface area (Å²) in [6, 6.07) is 3.65. The fraction of sp³-hybridized carbons (Fsp3) is 0.458. The van der Waals surface area contributed by atoms with Crippen molar-refractivity contribution in [3.05, 3.63) is 34.7 Å². The number of amides is 1. The number of primary amides is 1. The van der Waals surface area contributed by atoms with Gasteiger partial charge in [-0.1, -0.05) is 18.5 Å². The zero-order valence-corrected chi connectivity index (χ0v) is 20.6. The number of aromatic nitrogens is 4. The average molecular weight is 533 g/mol. The lowest BCUT2D eigenvalue weighted by Gasteiger charge is -2.36. The molecule has 0 unspecified atom stereocenters. The van der Waals surface area contributed by atoms with Gasteiger partial charge in [0.15, 0.2) is 5.65 Å². The summed E-state index contributed by atoms with van der Waals surface area (Å²) in [4.78, 5) is 25.3. The van der Waals surface area contributed by atoms with Gasteiger partial charge in [0.1, 0.15) is 11.3 Å². The van der Waals surface area contributed by atoms with Gasteiger partial charge in [0.25, 0.3) is 5.92 Å². The number of hydrogen-bond donors (Lipinski definition) is 3. The normalized spacial score (nSPS) is 23.3. The van der Waals surface area contributed by atoms with Crippen molar-refractivity contribution in [2.24, 2.45) is 11.1 Å². The highest BCUT2D eigenvalue weighted by Crippen LogP contribution is 2.43. The summed E-state index contributed by atoms with van der Waals surface area (Å²) in [6.45, 7) is 1.83. The fourth-order valence-electron chi connectivity index (χ4n) is 4.95. The third-order valence-electron chi connectivity index (χ3n) is 7.28. The Hall–Kier alpha value is -3.59. The average Bonchev–Trinajstić information content (AvgIpc) is 3.17. The van der Waals surface area contributed by atoms with Gasteiger partial charge in [-0.3, -0.25) is 9.36 Å². The molecule has 2 aliphatic rings. The molecule has 4 N–H and O–H groups in total. The molecule has 9 nitrogen and oxygen atoms in total. The van der Waals surface area contributed by atoms with E-state index in [0.717, 1.165) is 6.07 Å².